The highest BCUT2D eigenvalue weighted by atomic mass is 32.1. The van der Waals surface area contributed by atoms with Gasteiger partial charge in [-0.05, 0) is 12.8 Å². The van der Waals surface area contributed by atoms with Gasteiger partial charge in [-0.25, -0.2) is 4.98 Å². The third-order valence-electron chi connectivity index (χ3n) is 3.27. The first-order valence-corrected chi connectivity index (χ1v) is 6.73. The quantitative estimate of drug-likeness (QED) is 0.877. The third kappa shape index (κ3) is 2.35. The van der Waals surface area contributed by atoms with Crippen molar-refractivity contribution in [2.24, 2.45) is 0 Å². The second kappa shape index (κ2) is 5.10. The Balaban J connectivity index is 2.07. The maximum atomic E-state index is 9.98. The van der Waals surface area contributed by atoms with Crippen LogP contribution in [0, 0.1) is 0 Å². The summed E-state index contributed by atoms with van der Waals surface area (Å²) in [6, 6.07) is 0.214. The van der Waals surface area contributed by atoms with Gasteiger partial charge < -0.3 is 10.0 Å². The lowest BCUT2D eigenvalue weighted by Gasteiger charge is -2.34. The Morgan fingerprint density at radius 2 is 2.19 bits per heavy atom. The average Bonchev–Trinajstić information content (AvgIpc) is 2.77. The lowest BCUT2D eigenvalue weighted by atomic mass is 9.92. The van der Waals surface area contributed by atoms with E-state index in [9.17, 15) is 5.11 Å². The predicted molar refractivity (Wildman–Crippen MR) is 66.0 cm³/mol. The largest absolute Gasteiger partial charge is 0.391 e. The molecular weight excluding hydrogens is 222 g/mol. The minimum atomic E-state index is -0.215. The monoisotopic (exact) mass is 241 g/mol. The van der Waals surface area contributed by atoms with Crippen LogP contribution in [0.25, 0.3) is 0 Å². The smallest absolute Gasteiger partial charge is 0.205 e. The fourth-order valence-corrected chi connectivity index (χ4v) is 2.98. The van der Waals surface area contributed by atoms with Crippen molar-refractivity contribution >= 4 is 16.7 Å². The van der Waals surface area contributed by atoms with Crippen molar-refractivity contribution in [3.05, 3.63) is 5.82 Å². The van der Waals surface area contributed by atoms with Gasteiger partial charge >= 0.3 is 0 Å². The van der Waals surface area contributed by atoms with E-state index in [1.54, 1.807) is 0 Å². The molecule has 1 saturated carbocycles. The molecule has 1 N–H and O–H groups in total. The molecule has 4 nitrogen and oxygen atoms in total. The summed E-state index contributed by atoms with van der Waals surface area (Å²) in [4.78, 5) is 6.56. The van der Waals surface area contributed by atoms with Gasteiger partial charge in [0, 0.05) is 25.0 Å². The van der Waals surface area contributed by atoms with Gasteiger partial charge in [-0.2, -0.15) is 4.37 Å². The van der Waals surface area contributed by atoms with Crippen LogP contribution in [-0.2, 0) is 6.42 Å². The van der Waals surface area contributed by atoms with Gasteiger partial charge in [0.2, 0.25) is 5.13 Å². The minimum absolute atomic E-state index is 0.214. The fourth-order valence-electron chi connectivity index (χ4n) is 2.22. The minimum Gasteiger partial charge on any atom is -0.391 e. The number of hydrogen-bond acceptors (Lipinski definition) is 5. The average molecular weight is 241 g/mol. The first-order valence-electron chi connectivity index (χ1n) is 5.96. The lowest BCUT2D eigenvalue weighted by Crippen LogP contribution is -2.43. The fraction of sp³-hybridized carbons (Fsp3) is 0.818. The molecule has 2 unspecified atom stereocenters. The van der Waals surface area contributed by atoms with Crippen molar-refractivity contribution in [3.8, 4) is 0 Å². The number of aliphatic hydroxyl groups is 1. The molecule has 0 saturated heterocycles. The van der Waals surface area contributed by atoms with E-state index in [0.717, 1.165) is 36.6 Å². The summed E-state index contributed by atoms with van der Waals surface area (Å²) < 4.78 is 4.28. The van der Waals surface area contributed by atoms with Crippen LogP contribution in [-0.4, -0.2) is 33.7 Å². The van der Waals surface area contributed by atoms with E-state index >= 15 is 0 Å². The predicted octanol–water partition coefficient (Wildman–Crippen LogP) is 1.84. The van der Waals surface area contributed by atoms with E-state index < -0.39 is 0 Å². The van der Waals surface area contributed by atoms with E-state index in [0.29, 0.717) is 0 Å². The second-order valence-corrected chi connectivity index (χ2v) is 5.11. The number of likely N-dealkylation sites (N-methyl/N-ethyl adjacent to an activating group) is 1. The van der Waals surface area contributed by atoms with Gasteiger partial charge in [-0.1, -0.05) is 19.8 Å². The number of anilines is 1. The van der Waals surface area contributed by atoms with Gasteiger partial charge in [-0.3, -0.25) is 0 Å². The van der Waals surface area contributed by atoms with Crippen LogP contribution in [0.5, 0.6) is 0 Å². The maximum Gasteiger partial charge on any atom is 0.205 e. The zero-order valence-electron chi connectivity index (χ0n) is 9.89. The number of aromatic nitrogens is 2. The molecule has 1 fully saturated rings. The molecule has 1 aliphatic carbocycles. The molecule has 1 aliphatic rings. The van der Waals surface area contributed by atoms with Crippen molar-refractivity contribution < 1.29 is 5.11 Å². The maximum absolute atomic E-state index is 9.98. The highest BCUT2D eigenvalue weighted by molar-refractivity contribution is 7.09. The van der Waals surface area contributed by atoms with E-state index in [1.165, 1.54) is 18.0 Å². The molecule has 1 aromatic heterocycles. The van der Waals surface area contributed by atoms with Crippen molar-refractivity contribution in [1.29, 1.82) is 0 Å². The van der Waals surface area contributed by atoms with Crippen molar-refractivity contribution in [2.75, 3.05) is 11.9 Å². The van der Waals surface area contributed by atoms with Gasteiger partial charge in [-0.15, -0.1) is 0 Å². The SMILES string of the molecule is CCc1nsc(N(C)C2CCCCC2O)n1. The van der Waals surface area contributed by atoms with E-state index in [2.05, 4.69) is 21.2 Å². The summed E-state index contributed by atoms with van der Waals surface area (Å²) in [5.74, 6) is 0.900. The summed E-state index contributed by atoms with van der Waals surface area (Å²) in [7, 11) is 2.01. The topological polar surface area (TPSA) is 49.2 Å². The molecule has 0 bridgehead atoms. The molecule has 2 rings (SSSR count). The summed E-state index contributed by atoms with van der Waals surface area (Å²) >= 11 is 1.43. The van der Waals surface area contributed by atoms with Crippen molar-refractivity contribution in [1.82, 2.24) is 9.36 Å². The number of aryl methyl sites for hydroxylation is 1. The van der Waals surface area contributed by atoms with E-state index in [-0.39, 0.29) is 12.1 Å². The summed E-state index contributed by atoms with van der Waals surface area (Å²) in [6.45, 7) is 2.06. The van der Waals surface area contributed by atoms with Crippen LogP contribution in [0.15, 0.2) is 0 Å². The Kier molecular flexibility index (Phi) is 3.76. The summed E-state index contributed by atoms with van der Waals surface area (Å²) in [5.41, 5.74) is 0. The van der Waals surface area contributed by atoms with Crippen molar-refractivity contribution in [3.63, 3.8) is 0 Å². The Bertz CT molecular complexity index is 342. The normalized spacial score (nSPS) is 25.7. The molecule has 16 heavy (non-hydrogen) atoms. The standard InChI is InChI=1S/C11H19N3OS/c1-3-10-12-11(16-13-10)14(2)8-6-4-5-7-9(8)15/h8-9,15H,3-7H2,1-2H3. The van der Waals surface area contributed by atoms with Crippen LogP contribution in [0.2, 0.25) is 0 Å². The molecule has 0 radical (unpaired) electrons. The lowest BCUT2D eigenvalue weighted by molar-refractivity contribution is 0.106. The molecule has 2 atom stereocenters. The summed E-state index contributed by atoms with van der Waals surface area (Å²) in [6.07, 6.45) is 4.96. The van der Waals surface area contributed by atoms with Crippen molar-refractivity contribution in [2.45, 2.75) is 51.2 Å². The van der Waals surface area contributed by atoms with Crippen LogP contribution in [0.3, 0.4) is 0 Å². The van der Waals surface area contributed by atoms with E-state index in [1.807, 2.05) is 7.05 Å². The zero-order valence-corrected chi connectivity index (χ0v) is 10.7. The number of hydrogen-bond donors (Lipinski definition) is 1. The number of aliphatic hydroxyl groups excluding tert-OH is 1. The molecule has 0 spiro atoms. The second-order valence-electron chi connectivity index (χ2n) is 4.38. The Labute approximate surface area is 100 Å². The zero-order chi connectivity index (χ0) is 11.5. The molecule has 0 aromatic carbocycles. The molecule has 1 aromatic rings. The van der Waals surface area contributed by atoms with E-state index in [4.69, 9.17) is 0 Å². The van der Waals surface area contributed by atoms with Crippen LogP contribution < -0.4 is 4.90 Å². The van der Waals surface area contributed by atoms with Crippen LogP contribution >= 0.6 is 11.5 Å². The number of rotatable bonds is 3. The highest BCUT2D eigenvalue weighted by Gasteiger charge is 2.28. The highest BCUT2D eigenvalue weighted by Crippen LogP contribution is 2.27. The van der Waals surface area contributed by atoms with Gasteiger partial charge in [0.1, 0.15) is 5.82 Å². The van der Waals surface area contributed by atoms with Gasteiger partial charge in [0.15, 0.2) is 0 Å². The Morgan fingerprint density at radius 1 is 1.44 bits per heavy atom. The van der Waals surface area contributed by atoms with Gasteiger partial charge in [0.05, 0.1) is 12.1 Å². The first-order chi connectivity index (χ1) is 7.72. The molecular formula is C11H19N3OS. The summed E-state index contributed by atoms with van der Waals surface area (Å²) in [5, 5.41) is 10.9. The van der Waals surface area contributed by atoms with Crippen LogP contribution in [0.1, 0.15) is 38.4 Å². The van der Waals surface area contributed by atoms with Crippen LogP contribution in [0.4, 0.5) is 5.13 Å². The Hall–Kier alpha value is -0.680. The molecule has 0 aliphatic heterocycles. The number of nitrogens with zero attached hydrogens (tertiary/aromatic N) is 3. The molecule has 90 valence electrons. The molecule has 5 heteroatoms. The first kappa shape index (κ1) is 11.8. The molecule has 1 heterocycles. The Morgan fingerprint density at radius 3 is 2.81 bits per heavy atom. The van der Waals surface area contributed by atoms with Gasteiger partial charge in [0.25, 0.3) is 0 Å². The molecule has 0 amide bonds. The third-order valence-corrected chi connectivity index (χ3v) is 4.11.